The van der Waals surface area contributed by atoms with Gasteiger partial charge in [0.25, 0.3) is 0 Å². The van der Waals surface area contributed by atoms with Crippen molar-refractivity contribution in [3.8, 4) is 0 Å². The maximum atomic E-state index is 12.1. The fraction of sp³-hybridized carbons (Fsp3) is 0.211. The van der Waals surface area contributed by atoms with Crippen LogP contribution in [0.25, 0.3) is 0 Å². The summed E-state index contributed by atoms with van der Waals surface area (Å²) >= 11 is 5.21. The predicted molar refractivity (Wildman–Crippen MR) is 97.3 cm³/mol. The standard InChI is InChI=1S/C19H19NO3S/c21-17(15-9-5-2-6-10-15)11-12-18(24)20-16(19(22)23)13-14-7-3-1-4-8-14/h1-10,16H,11-13H2,(H,20,24)(H,22,23)/t16-/m0/s1. The van der Waals surface area contributed by atoms with E-state index in [0.717, 1.165) is 5.56 Å². The Kier molecular flexibility index (Phi) is 6.63. The highest BCUT2D eigenvalue weighted by Crippen LogP contribution is 2.07. The highest BCUT2D eigenvalue weighted by Gasteiger charge is 2.19. The van der Waals surface area contributed by atoms with Crippen LogP contribution in [0.3, 0.4) is 0 Å². The molecule has 5 heteroatoms. The van der Waals surface area contributed by atoms with Crippen molar-refractivity contribution >= 4 is 29.0 Å². The molecule has 0 bridgehead atoms. The number of hydrogen-bond acceptors (Lipinski definition) is 3. The van der Waals surface area contributed by atoms with Crippen molar-refractivity contribution in [2.24, 2.45) is 0 Å². The van der Waals surface area contributed by atoms with Gasteiger partial charge in [0.1, 0.15) is 6.04 Å². The van der Waals surface area contributed by atoms with Gasteiger partial charge in [0, 0.05) is 24.8 Å². The molecule has 2 aromatic rings. The van der Waals surface area contributed by atoms with Crippen molar-refractivity contribution < 1.29 is 14.7 Å². The number of benzene rings is 2. The monoisotopic (exact) mass is 341 g/mol. The lowest BCUT2D eigenvalue weighted by Crippen LogP contribution is -2.41. The first-order valence-corrected chi connectivity index (χ1v) is 8.11. The SMILES string of the molecule is O=C(CCC(=S)N[C@@H](Cc1ccccc1)C(=O)O)c1ccccc1. The summed E-state index contributed by atoms with van der Waals surface area (Å²) in [6.07, 6.45) is 0.929. The molecule has 2 N–H and O–H groups in total. The van der Waals surface area contributed by atoms with E-state index in [0.29, 0.717) is 23.4 Å². The summed E-state index contributed by atoms with van der Waals surface area (Å²) in [6.45, 7) is 0. The molecule has 0 aliphatic heterocycles. The molecule has 4 nitrogen and oxygen atoms in total. The largest absolute Gasteiger partial charge is 0.480 e. The first-order chi connectivity index (χ1) is 11.6. The Balaban J connectivity index is 1.87. The van der Waals surface area contributed by atoms with E-state index in [1.807, 2.05) is 48.5 Å². The molecule has 2 aromatic carbocycles. The highest BCUT2D eigenvalue weighted by molar-refractivity contribution is 7.80. The van der Waals surface area contributed by atoms with Gasteiger partial charge in [0.15, 0.2) is 5.78 Å². The lowest BCUT2D eigenvalue weighted by Gasteiger charge is -2.16. The number of aliphatic carboxylic acids is 1. The van der Waals surface area contributed by atoms with Crippen LogP contribution in [0.15, 0.2) is 60.7 Å². The van der Waals surface area contributed by atoms with Crippen molar-refractivity contribution in [3.05, 3.63) is 71.8 Å². The summed E-state index contributed by atoms with van der Waals surface area (Å²) < 4.78 is 0. The average molecular weight is 341 g/mol. The number of carbonyl (C=O) groups excluding carboxylic acids is 1. The number of ketones is 1. The van der Waals surface area contributed by atoms with Gasteiger partial charge in [-0.2, -0.15) is 0 Å². The zero-order valence-electron chi connectivity index (χ0n) is 13.1. The summed E-state index contributed by atoms with van der Waals surface area (Å²) in [5, 5.41) is 12.2. The third-order valence-electron chi connectivity index (χ3n) is 3.59. The van der Waals surface area contributed by atoms with Crippen molar-refractivity contribution in [1.82, 2.24) is 5.32 Å². The fourth-order valence-corrected chi connectivity index (χ4v) is 2.56. The van der Waals surface area contributed by atoms with Gasteiger partial charge < -0.3 is 10.4 Å². The highest BCUT2D eigenvalue weighted by atomic mass is 32.1. The Bertz CT molecular complexity index is 701. The zero-order chi connectivity index (χ0) is 17.4. The van der Waals surface area contributed by atoms with E-state index in [1.165, 1.54) is 0 Å². The smallest absolute Gasteiger partial charge is 0.326 e. The molecule has 0 aliphatic carbocycles. The van der Waals surface area contributed by atoms with Gasteiger partial charge >= 0.3 is 5.97 Å². The number of carboxylic acids is 1. The quantitative estimate of drug-likeness (QED) is 0.570. The Labute approximate surface area is 146 Å². The molecule has 0 aliphatic rings. The van der Waals surface area contributed by atoms with Crippen LogP contribution in [0, 0.1) is 0 Å². The van der Waals surface area contributed by atoms with Gasteiger partial charge in [-0.3, -0.25) is 4.79 Å². The molecular formula is C19H19NO3S. The van der Waals surface area contributed by atoms with Gasteiger partial charge in [0.05, 0.1) is 4.99 Å². The molecule has 0 spiro atoms. The summed E-state index contributed by atoms with van der Waals surface area (Å²) in [6, 6.07) is 17.6. The normalized spacial score (nSPS) is 11.5. The molecule has 0 unspecified atom stereocenters. The lowest BCUT2D eigenvalue weighted by atomic mass is 10.0. The number of nitrogens with one attached hydrogen (secondary N) is 1. The molecule has 0 saturated carbocycles. The molecule has 1 atom stereocenters. The van der Waals surface area contributed by atoms with E-state index in [2.05, 4.69) is 5.32 Å². The molecule has 0 fully saturated rings. The van der Waals surface area contributed by atoms with E-state index < -0.39 is 12.0 Å². The molecule has 24 heavy (non-hydrogen) atoms. The number of thiocarbonyl (C=S) groups is 1. The Morgan fingerprint density at radius 1 is 0.958 bits per heavy atom. The van der Waals surface area contributed by atoms with Crippen LogP contribution in [0.1, 0.15) is 28.8 Å². The van der Waals surface area contributed by atoms with E-state index in [4.69, 9.17) is 12.2 Å². The van der Waals surface area contributed by atoms with Crippen LogP contribution in [-0.4, -0.2) is 27.9 Å². The van der Waals surface area contributed by atoms with Gasteiger partial charge in [-0.05, 0) is 5.56 Å². The number of carbonyl (C=O) groups is 2. The number of Topliss-reactive ketones (excluding diaryl/α,β-unsaturated/α-hetero) is 1. The first kappa shape index (κ1) is 17.8. The predicted octanol–water partition coefficient (Wildman–Crippen LogP) is 3.26. The molecular weight excluding hydrogens is 322 g/mol. The summed E-state index contributed by atoms with van der Waals surface area (Å²) in [5.74, 6) is -0.967. The lowest BCUT2D eigenvalue weighted by molar-refractivity contribution is -0.139. The van der Waals surface area contributed by atoms with E-state index in [-0.39, 0.29) is 12.2 Å². The molecule has 0 amide bonds. The third kappa shape index (κ3) is 5.59. The van der Waals surface area contributed by atoms with Gasteiger partial charge in [-0.25, -0.2) is 4.79 Å². The zero-order valence-corrected chi connectivity index (χ0v) is 14.0. The summed E-state index contributed by atoms with van der Waals surface area (Å²) in [7, 11) is 0. The molecule has 124 valence electrons. The molecule has 0 saturated heterocycles. The van der Waals surface area contributed by atoms with Crippen LogP contribution >= 0.6 is 12.2 Å². The van der Waals surface area contributed by atoms with Crippen molar-refractivity contribution in [1.29, 1.82) is 0 Å². The van der Waals surface area contributed by atoms with E-state index in [1.54, 1.807) is 12.1 Å². The maximum absolute atomic E-state index is 12.1. The molecule has 0 heterocycles. The fourth-order valence-electron chi connectivity index (χ4n) is 2.31. The maximum Gasteiger partial charge on any atom is 0.326 e. The number of rotatable bonds is 8. The van der Waals surface area contributed by atoms with E-state index in [9.17, 15) is 14.7 Å². The van der Waals surface area contributed by atoms with Crippen molar-refractivity contribution in [3.63, 3.8) is 0 Å². The topological polar surface area (TPSA) is 66.4 Å². The van der Waals surface area contributed by atoms with Crippen LogP contribution < -0.4 is 5.32 Å². The van der Waals surface area contributed by atoms with Crippen LogP contribution in [0.5, 0.6) is 0 Å². The second-order valence-electron chi connectivity index (χ2n) is 5.44. The number of carboxylic acid groups (broad SMARTS) is 1. The minimum absolute atomic E-state index is 0.00492. The number of hydrogen-bond donors (Lipinski definition) is 2. The summed E-state index contributed by atoms with van der Waals surface area (Å²) in [4.78, 5) is 23.9. The van der Waals surface area contributed by atoms with Crippen LogP contribution in [0.4, 0.5) is 0 Å². The average Bonchev–Trinajstić information content (AvgIpc) is 2.60. The van der Waals surface area contributed by atoms with Crippen LogP contribution in [0.2, 0.25) is 0 Å². The Morgan fingerprint density at radius 3 is 2.12 bits per heavy atom. The Hall–Kier alpha value is -2.53. The van der Waals surface area contributed by atoms with Crippen LogP contribution in [-0.2, 0) is 11.2 Å². The second kappa shape index (κ2) is 8.93. The van der Waals surface area contributed by atoms with E-state index >= 15 is 0 Å². The molecule has 0 radical (unpaired) electrons. The molecule has 0 aromatic heterocycles. The minimum Gasteiger partial charge on any atom is -0.480 e. The van der Waals surface area contributed by atoms with Gasteiger partial charge in [0.2, 0.25) is 0 Å². The molecule has 2 rings (SSSR count). The van der Waals surface area contributed by atoms with Gasteiger partial charge in [-0.15, -0.1) is 0 Å². The van der Waals surface area contributed by atoms with Gasteiger partial charge in [-0.1, -0.05) is 72.9 Å². The third-order valence-corrected chi connectivity index (χ3v) is 3.91. The first-order valence-electron chi connectivity index (χ1n) is 7.70. The van der Waals surface area contributed by atoms with Crippen molar-refractivity contribution in [2.75, 3.05) is 0 Å². The minimum atomic E-state index is -0.962. The summed E-state index contributed by atoms with van der Waals surface area (Å²) in [5.41, 5.74) is 1.56. The Morgan fingerprint density at radius 2 is 1.54 bits per heavy atom. The second-order valence-corrected chi connectivity index (χ2v) is 5.93. The van der Waals surface area contributed by atoms with Crippen molar-refractivity contribution in [2.45, 2.75) is 25.3 Å².